The first kappa shape index (κ1) is 13.8. The number of anilines is 1. The van der Waals surface area contributed by atoms with E-state index in [1.165, 1.54) is 0 Å². The number of aliphatic hydroxyl groups is 1. The van der Waals surface area contributed by atoms with Crippen LogP contribution in [0.4, 0.5) is 5.95 Å². The van der Waals surface area contributed by atoms with Crippen LogP contribution in [0.5, 0.6) is 5.88 Å². The molecule has 2 aromatic heterocycles. The van der Waals surface area contributed by atoms with E-state index in [1.54, 1.807) is 24.3 Å². The van der Waals surface area contributed by atoms with Gasteiger partial charge < -0.3 is 9.84 Å². The predicted octanol–water partition coefficient (Wildman–Crippen LogP) is -0.234. The van der Waals surface area contributed by atoms with Crippen molar-refractivity contribution < 1.29 is 14.6 Å². The molecule has 10 nitrogen and oxygen atoms in total. The maximum absolute atomic E-state index is 12.3. The molecule has 1 amide bonds. The Morgan fingerprint density at radius 2 is 2.05 bits per heavy atom. The van der Waals surface area contributed by atoms with Gasteiger partial charge in [-0.25, -0.2) is 9.97 Å². The zero-order valence-corrected chi connectivity index (χ0v) is 11.2. The molecule has 0 aliphatic heterocycles. The number of nitrogens with one attached hydrogen (secondary N) is 2. The summed E-state index contributed by atoms with van der Waals surface area (Å²) in [5.41, 5.74) is 1.08. The molecular weight excluding hydrogens is 290 g/mol. The van der Waals surface area contributed by atoms with Gasteiger partial charge in [-0.2, -0.15) is 5.21 Å². The van der Waals surface area contributed by atoms with Crippen molar-refractivity contribution in [2.75, 3.05) is 18.5 Å². The van der Waals surface area contributed by atoms with Gasteiger partial charge in [-0.15, -0.1) is 5.10 Å². The van der Waals surface area contributed by atoms with Gasteiger partial charge in [-0.3, -0.25) is 10.1 Å². The number of hydrogen-bond acceptors (Lipinski definition) is 8. The molecule has 112 valence electrons. The summed E-state index contributed by atoms with van der Waals surface area (Å²) in [6, 6.07) is 7.05. The highest BCUT2D eigenvalue weighted by atomic mass is 16.5. The van der Waals surface area contributed by atoms with Crippen molar-refractivity contribution in [3.63, 3.8) is 0 Å². The van der Waals surface area contributed by atoms with E-state index in [-0.39, 0.29) is 30.7 Å². The summed E-state index contributed by atoms with van der Waals surface area (Å²) < 4.78 is 5.29. The molecule has 3 aromatic rings. The summed E-state index contributed by atoms with van der Waals surface area (Å²) in [5.74, 6) is -0.561. The largest absolute Gasteiger partial charge is 0.474 e. The van der Waals surface area contributed by atoms with E-state index in [9.17, 15) is 4.79 Å². The fourth-order valence-corrected chi connectivity index (χ4v) is 1.75. The second-order valence-electron chi connectivity index (χ2n) is 4.13. The van der Waals surface area contributed by atoms with Gasteiger partial charge >= 0.3 is 0 Å². The average molecular weight is 301 g/mol. The highest BCUT2D eigenvalue weighted by Crippen LogP contribution is 2.19. The molecule has 2 heterocycles. The second-order valence-corrected chi connectivity index (χ2v) is 4.13. The van der Waals surface area contributed by atoms with E-state index >= 15 is 0 Å². The summed E-state index contributed by atoms with van der Waals surface area (Å²) in [6.07, 6.45) is 0. The molecule has 0 atom stereocenters. The lowest BCUT2D eigenvalue weighted by molar-refractivity contribution is 0.101. The van der Waals surface area contributed by atoms with Crippen LogP contribution in [0.15, 0.2) is 24.3 Å². The van der Waals surface area contributed by atoms with E-state index in [1.807, 2.05) is 0 Å². The van der Waals surface area contributed by atoms with Crippen LogP contribution in [0.3, 0.4) is 0 Å². The summed E-state index contributed by atoms with van der Waals surface area (Å²) in [7, 11) is 0. The number of amides is 1. The second kappa shape index (κ2) is 6.10. The highest BCUT2D eigenvalue weighted by Gasteiger charge is 2.19. The lowest BCUT2D eigenvalue weighted by atomic mass is 10.3. The number of carbonyl (C=O) groups excluding carboxylic acids is 1. The maximum Gasteiger partial charge on any atom is 0.282 e. The third kappa shape index (κ3) is 2.81. The first-order chi connectivity index (χ1) is 10.8. The molecule has 3 rings (SSSR count). The van der Waals surface area contributed by atoms with E-state index in [2.05, 4.69) is 35.9 Å². The fourth-order valence-electron chi connectivity index (χ4n) is 1.75. The van der Waals surface area contributed by atoms with Crippen LogP contribution in [0.1, 0.15) is 10.5 Å². The number of hydrogen-bond donors (Lipinski definition) is 3. The molecular formula is C12H11N7O3. The van der Waals surface area contributed by atoms with Crippen LogP contribution in [0.2, 0.25) is 0 Å². The van der Waals surface area contributed by atoms with Crippen LogP contribution in [-0.4, -0.2) is 54.8 Å². The van der Waals surface area contributed by atoms with Crippen molar-refractivity contribution in [2.24, 2.45) is 0 Å². The number of para-hydroxylation sites is 2. The number of ether oxygens (including phenoxy) is 1. The molecule has 0 aliphatic rings. The number of rotatable bonds is 5. The van der Waals surface area contributed by atoms with Crippen molar-refractivity contribution in [3.8, 4) is 5.88 Å². The van der Waals surface area contributed by atoms with Crippen molar-refractivity contribution in [1.82, 2.24) is 30.6 Å². The summed E-state index contributed by atoms with van der Waals surface area (Å²) in [5, 5.41) is 24.1. The minimum atomic E-state index is -0.590. The first-order valence-electron chi connectivity index (χ1n) is 6.33. The predicted molar refractivity (Wildman–Crippen MR) is 74.2 cm³/mol. The van der Waals surface area contributed by atoms with Gasteiger partial charge in [0.25, 0.3) is 11.9 Å². The van der Waals surface area contributed by atoms with Gasteiger partial charge in [0.2, 0.25) is 5.88 Å². The molecule has 3 N–H and O–H groups in total. The van der Waals surface area contributed by atoms with Gasteiger partial charge in [0.1, 0.15) is 6.61 Å². The average Bonchev–Trinajstić information content (AvgIpc) is 3.04. The van der Waals surface area contributed by atoms with Gasteiger partial charge in [-0.1, -0.05) is 17.2 Å². The Hall–Kier alpha value is -3.14. The van der Waals surface area contributed by atoms with Crippen molar-refractivity contribution in [1.29, 1.82) is 0 Å². The number of tetrazole rings is 1. The molecule has 0 spiro atoms. The molecule has 0 aliphatic carbocycles. The van der Waals surface area contributed by atoms with Gasteiger partial charge in [-0.05, 0) is 17.3 Å². The number of H-pyrrole nitrogens is 1. The summed E-state index contributed by atoms with van der Waals surface area (Å²) in [6.45, 7) is -0.212. The third-order valence-electron chi connectivity index (χ3n) is 2.65. The lowest BCUT2D eigenvalue weighted by Crippen LogP contribution is -2.18. The smallest absolute Gasteiger partial charge is 0.282 e. The SMILES string of the molecule is O=C(Nc1nn[nH]n1)c1nc2ccccc2nc1OCCO. The molecule has 0 unspecified atom stereocenters. The van der Waals surface area contributed by atoms with Crippen molar-refractivity contribution in [3.05, 3.63) is 30.0 Å². The number of carbonyl (C=O) groups is 1. The van der Waals surface area contributed by atoms with Gasteiger partial charge in [0.05, 0.1) is 17.6 Å². The summed E-state index contributed by atoms with van der Waals surface area (Å²) >= 11 is 0. The van der Waals surface area contributed by atoms with Crippen LogP contribution >= 0.6 is 0 Å². The molecule has 0 fully saturated rings. The Bertz CT molecular complexity index is 791. The zero-order valence-electron chi connectivity index (χ0n) is 11.2. The number of nitrogens with zero attached hydrogens (tertiary/aromatic N) is 5. The molecule has 0 bridgehead atoms. The van der Waals surface area contributed by atoms with E-state index in [0.29, 0.717) is 11.0 Å². The molecule has 10 heteroatoms. The third-order valence-corrected chi connectivity index (χ3v) is 2.65. The maximum atomic E-state index is 12.3. The zero-order chi connectivity index (χ0) is 15.4. The Morgan fingerprint density at radius 3 is 2.73 bits per heavy atom. The standard InChI is InChI=1S/C12H11N7O3/c20-5-6-22-11-9(10(21)15-12-16-18-19-17-12)13-7-3-1-2-4-8(7)14-11/h1-4,20H,5-6H2,(H2,15,16,17,18,19,21). The molecule has 0 radical (unpaired) electrons. The van der Waals surface area contributed by atoms with Crippen molar-refractivity contribution in [2.45, 2.75) is 0 Å². The number of fused-ring (bicyclic) bond motifs is 1. The molecule has 22 heavy (non-hydrogen) atoms. The quantitative estimate of drug-likeness (QED) is 0.587. The monoisotopic (exact) mass is 301 g/mol. The lowest BCUT2D eigenvalue weighted by Gasteiger charge is -2.09. The number of benzene rings is 1. The van der Waals surface area contributed by atoms with E-state index in [0.717, 1.165) is 0 Å². The van der Waals surface area contributed by atoms with E-state index < -0.39 is 5.91 Å². The molecule has 0 saturated carbocycles. The van der Waals surface area contributed by atoms with Crippen molar-refractivity contribution >= 4 is 22.9 Å². The minimum absolute atomic E-state index is 0.00445. The van der Waals surface area contributed by atoms with Crippen LogP contribution in [0, 0.1) is 0 Å². The van der Waals surface area contributed by atoms with E-state index in [4.69, 9.17) is 9.84 Å². The number of aliphatic hydroxyl groups excluding tert-OH is 1. The Balaban J connectivity index is 1.99. The Morgan fingerprint density at radius 1 is 1.27 bits per heavy atom. The van der Waals surface area contributed by atoms with Gasteiger partial charge in [0.15, 0.2) is 5.69 Å². The van der Waals surface area contributed by atoms with Crippen LogP contribution < -0.4 is 10.1 Å². The Kier molecular flexibility index (Phi) is 3.83. The topological polar surface area (TPSA) is 139 Å². The molecule has 1 aromatic carbocycles. The molecule has 0 saturated heterocycles. The van der Waals surface area contributed by atoms with Crippen LogP contribution in [0.25, 0.3) is 11.0 Å². The first-order valence-corrected chi connectivity index (χ1v) is 6.33. The highest BCUT2D eigenvalue weighted by molar-refractivity contribution is 6.04. The van der Waals surface area contributed by atoms with Gasteiger partial charge in [0, 0.05) is 0 Å². The fraction of sp³-hybridized carbons (Fsp3) is 0.167. The summed E-state index contributed by atoms with van der Waals surface area (Å²) in [4.78, 5) is 20.7. The van der Waals surface area contributed by atoms with Crippen LogP contribution in [-0.2, 0) is 0 Å². The number of aromatic nitrogens is 6. The normalized spacial score (nSPS) is 10.6. The Labute approximate surface area is 123 Å². The minimum Gasteiger partial charge on any atom is -0.474 e. The number of aromatic amines is 1.